The molecule has 6 N–H and O–H groups in total. The number of carbonyl (C=O) groups excluding carboxylic acids is 6. The molecule has 1 aliphatic heterocycles. The van der Waals surface area contributed by atoms with Gasteiger partial charge in [0, 0.05) is 29.8 Å². The summed E-state index contributed by atoms with van der Waals surface area (Å²) >= 11 is 0. The maximum atomic E-state index is 13.9. The van der Waals surface area contributed by atoms with Crippen LogP contribution in [0.15, 0.2) is 17.6 Å². The molecule has 1 saturated heterocycles. The number of azide groups is 1. The van der Waals surface area contributed by atoms with Crippen LogP contribution in [0.2, 0.25) is 0 Å². The zero-order chi connectivity index (χ0) is 35.5. The van der Waals surface area contributed by atoms with Gasteiger partial charge in [0.25, 0.3) is 0 Å². The van der Waals surface area contributed by atoms with E-state index in [2.05, 4.69) is 35.9 Å². The predicted molar refractivity (Wildman–Crippen MR) is 170 cm³/mol. The van der Waals surface area contributed by atoms with Gasteiger partial charge in [0.1, 0.15) is 23.7 Å². The van der Waals surface area contributed by atoms with E-state index in [0.717, 1.165) is 0 Å². The molecule has 1 aromatic rings. The van der Waals surface area contributed by atoms with Crippen molar-refractivity contribution >= 4 is 35.5 Å². The van der Waals surface area contributed by atoms with E-state index in [1.807, 2.05) is 13.8 Å². The third-order valence-corrected chi connectivity index (χ3v) is 7.29. The molecular weight excluding hydrogens is 612 g/mol. The summed E-state index contributed by atoms with van der Waals surface area (Å²) in [5, 5.41) is 11.0. The van der Waals surface area contributed by atoms with Crippen molar-refractivity contribution in [3.05, 3.63) is 28.7 Å². The fraction of sp³-hybridized carbons (Fsp3) is 0.700. The molecule has 47 heavy (non-hydrogen) atoms. The Balaban J connectivity index is 2.25. The van der Waals surface area contributed by atoms with Gasteiger partial charge in [-0.25, -0.2) is 4.98 Å². The lowest BCUT2D eigenvalue weighted by atomic mass is 9.99. The molecule has 0 saturated carbocycles. The summed E-state index contributed by atoms with van der Waals surface area (Å²) in [5.74, 6) is -4.67. The Labute approximate surface area is 274 Å². The molecule has 5 amide bonds. The Morgan fingerprint density at radius 1 is 1.11 bits per heavy atom. The Morgan fingerprint density at radius 2 is 1.77 bits per heavy atom. The van der Waals surface area contributed by atoms with Gasteiger partial charge in [-0.3, -0.25) is 28.8 Å². The lowest BCUT2D eigenvalue weighted by molar-refractivity contribution is -0.157. The second-order valence-electron chi connectivity index (χ2n) is 13.4. The van der Waals surface area contributed by atoms with E-state index in [-0.39, 0.29) is 31.7 Å². The van der Waals surface area contributed by atoms with Crippen LogP contribution in [-0.2, 0) is 39.9 Å². The average molecular weight is 661 g/mol. The minimum atomic E-state index is -1.38. The Hall–Kier alpha value is -4.50. The number of hydrogen-bond donors (Lipinski definition) is 5. The summed E-state index contributed by atoms with van der Waals surface area (Å²) < 4.78 is 5.40. The molecule has 17 nitrogen and oxygen atoms in total. The van der Waals surface area contributed by atoms with Crippen molar-refractivity contribution in [2.75, 3.05) is 6.54 Å². The van der Waals surface area contributed by atoms with E-state index in [0.29, 0.717) is 12.1 Å². The SMILES string of the molecule is CC(C)C[C@H](NC(=O)[C@H](NC(=O)[C@@H]1CCCN1C(=O)[C@@H](CC(=O)OC(C)(C)C)NC(=O)[C@H](N)Cc1cnc[nH]1)C(C)C)C(=O)N=[N+]=[N-]. The Bertz CT molecular complexity index is 1320. The summed E-state index contributed by atoms with van der Waals surface area (Å²) in [5.41, 5.74) is 14.5. The number of imidazole rings is 1. The molecule has 0 radical (unpaired) electrons. The second kappa shape index (κ2) is 17.4. The van der Waals surface area contributed by atoms with Gasteiger partial charge >= 0.3 is 5.97 Å². The quantitative estimate of drug-likeness (QED) is 0.0777. The topological polar surface area (TPSA) is 254 Å². The molecule has 0 aromatic carbocycles. The Kier molecular flexibility index (Phi) is 14.3. The highest BCUT2D eigenvalue weighted by molar-refractivity contribution is 5.97. The molecule has 0 bridgehead atoms. The number of esters is 1. The van der Waals surface area contributed by atoms with Crippen molar-refractivity contribution in [1.29, 1.82) is 0 Å². The maximum absolute atomic E-state index is 13.9. The number of ether oxygens (including phenoxy) is 1. The number of nitrogens with zero attached hydrogens (tertiary/aromatic N) is 5. The molecule has 0 unspecified atom stereocenters. The van der Waals surface area contributed by atoms with Gasteiger partial charge in [0.2, 0.25) is 29.5 Å². The molecule has 1 aliphatic rings. The minimum Gasteiger partial charge on any atom is -0.460 e. The number of aromatic amines is 1. The van der Waals surface area contributed by atoms with E-state index < -0.39 is 83.7 Å². The number of aromatic nitrogens is 2. The first kappa shape index (κ1) is 38.7. The monoisotopic (exact) mass is 660 g/mol. The number of carbonyl (C=O) groups is 6. The molecule has 1 fully saturated rings. The molecule has 17 heteroatoms. The average Bonchev–Trinajstić information content (AvgIpc) is 3.66. The van der Waals surface area contributed by atoms with Gasteiger partial charge < -0.3 is 36.3 Å². The summed E-state index contributed by atoms with van der Waals surface area (Å²) in [4.78, 5) is 89.5. The fourth-order valence-electron chi connectivity index (χ4n) is 5.11. The third kappa shape index (κ3) is 12.3. The molecule has 2 heterocycles. The predicted octanol–water partition coefficient (Wildman–Crippen LogP) is 0.996. The van der Waals surface area contributed by atoms with Crippen molar-refractivity contribution in [3.63, 3.8) is 0 Å². The molecule has 1 aromatic heterocycles. The summed E-state index contributed by atoms with van der Waals surface area (Å²) in [6, 6.07) is -5.64. The van der Waals surface area contributed by atoms with E-state index in [1.54, 1.807) is 34.6 Å². The van der Waals surface area contributed by atoms with Crippen LogP contribution in [0, 0.1) is 11.8 Å². The van der Waals surface area contributed by atoms with E-state index >= 15 is 0 Å². The van der Waals surface area contributed by atoms with Crippen LogP contribution in [0.5, 0.6) is 0 Å². The van der Waals surface area contributed by atoms with Crippen molar-refractivity contribution in [2.45, 2.75) is 116 Å². The number of amides is 5. The maximum Gasteiger partial charge on any atom is 0.308 e. The third-order valence-electron chi connectivity index (χ3n) is 7.29. The van der Waals surface area contributed by atoms with Crippen LogP contribution in [0.1, 0.15) is 79.8 Å². The van der Waals surface area contributed by atoms with Gasteiger partial charge in [-0.1, -0.05) is 27.7 Å². The van der Waals surface area contributed by atoms with Gasteiger partial charge in [-0.2, -0.15) is 0 Å². The van der Waals surface area contributed by atoms with Crippen molar-refractivity contribution in [1.82, 2.24) is 30.8 Å². The van der Waals surface area contributed by atoms with Crippen LogP contribution in [0.4, 0.5) is 0 Å². The highest BCUT2D eigenvalue weighted by Gasteiger charge is 2.41. The van der Waals surface area contributed by atoms with Crippen LogP contribution in [0.25, 0.3) is 10.4 Å². The van der Waals surface area contributed by atoms with Crippen LogP contribution in [0.3, 0.4) is 0 Å². The molecule has 260 valence electrons. The van der Waals surface area contributed by atoms with Crippen LogP contribution < -0.4 is 21.7 Å². The van der Waals surface area contributed by atoms with E-state index in [9.17, 15) is 28.8 Å². The van der Waals surface area contributed by atoms with Gasteiger partial charge in [0.15, 0.2) is 0 Å². The first-order valence-corrected chi connectivity index (χ1v) is 15.7. The summed E-state index contributed by atoms with van der Waals surface area (Å²) in [7, 11) is 0. The number of nitrogens with two attached hydrogens (primary N) is 1. The van der Waals surface area contributed by atoms with Crippen molar-refractivity contribution in [2.24, 2.45) is 22.7 Å². The van der Waals surface area contributed by atoms with Gasteiger partial charge in [0.05, 0.1) is 24.8 Å². The highest BCUT2D eigenvalue weighted by Crippen LogP contribution is 2.21. The molecule has 0 aliphatic carbocycles. The standard InChI is InChI=1S/C30H48N10O7/c1-16(2)11-20(26(43)38-39-32)35-28(45)24(17(3)4)37-27(44)22-9-8-10-40(22)29(46)21(13-23(41)47-30(5,6)7)36-25(42)19(31)12-18-14-33-15-34-18/h14-17,19-22,24H,8-13,31H2,1-7H3,(H,33,34)(H,35,45)(H,36,42)(H,37,44)/t19-,20+,21-,22+,24-/m1/s1. The minimum absolute atomic E-state index is 0.0163. The Morgan fingerprint density at radius 3 is 2.32 bits per heavy atom. The molecule has 5 atom stereocenters. The fourth-order valence-corrected chi connectivity index (χ4v) is 5.11. The van der Waals surface area contributed by atoms with Crippen molar-refractivity contribution in [3.8, 4) is 0 Å². The number of nitrogens with one attached hydrogen (secondary N) is 4. The van der Waals surface area contributed by atoms with Crippen LogP contribution in [-0.4, -0.2) is 92.7 Å². The lowest BCUT2D eigenvalue weighted by Crippen LogP contribution is -2.59. The van der Waals surface area contributed by atoms with E-state index in [4.69, 9.17) is 16.0 Å². The number of rotatable bonds is 15. The van der Waals surface area contributed by atoms with Gasteiger partial charge in [-0.05, 0) is 62.5 Å². The molecule has 2 rings (SSSR count). The number of H-pyrrole nitrogens is 1. The molecule has 0 spiro atoms. The summed E-state index contributed by atoms with van der Waals surface area (Å²) in [6.07, 6.45) is 3.47. The first-order valence-electron chi connectivity index (χ1n) is 15.7. The number of likely N-dealkylation sites (tertiary alicyclic amines) is 1. The first-order chi connectivity index (χ1) is 21.9. The van der Waals surface area contributed by atoms with Crippen LogP contribution >= 0.6 is 0 Å². The number of hydrogen-bond acceptors (Lipinski definition) is 9. The molecular formula is C30H48N10O7. The zero-order valence-electron chi connectivity index (χ0n) is 28.1. The highest BCUT2D eigenvalue weighted by atomic mass is 16.6. The normalized spacial score (nSPS) is 17.2. The smallest absolute Gasteiger partial charge is 0.308 e. The van der Waals surface area contributed by atoms with Crippen molar-refractivity contribution < 1.29 is 33.5 Å². The lowest BCUT2D eigenvalue weighted by Gasteiger charge is -2.31. The largest absolute Gasteiger partial charge is 0.460 e. The van der Waals surface area contributed by atoms with E-state index in [1.165, 1.54) is 17.4 Å². The summed E-state index contributed by atoms with van der Waals surface area (Å²) in [6.45, 7) is 12.2. The second-order valence-corrected chi connectivity index (χ2v) is 13.4. The van der Waals surface area contributed by atoms with Gasteiger partial charge in [-0.15, -0.1) is 0 Å². The zero-order valence-corrected chi connectivity index (χ0v) is 28.1.